The molecule has 1 atom stereocenters. The van der Waals surface area contributed by atoms with Crippen molar-refractivity contribution >= 4 is 32.7 Å². The number of rotatable bonds is 7. The summed E-state index contributed by atoms with van der Waals surface area (Å²) in [5.74, 6) is 0. The Morgan fingerprint density at radius 2 is 2.04 bits per heavy atom. The summed E-state index contributed by atoms with van der Waals surface area (Å²) >= 11 is 1.66. The summed E-state index contributed by atoms with van der Waals surface area (Å²) < 4.78 is 23.7. The molecule has 3 N–H and O–H groups in total. The quantitative estimate of drug-likeness (QED) is 0.548. The van der Waals surface area contributed by atoms with Gasteiger partial charge in [-0.15, -0.1) is 11.3 Å². The Hall–Kier alpha value is -2.01. The van der Waals surface area contributed by atoms with Gasteiger partial charge in [-0.2, -0.15) is 0 Å². The van der Waals surface area contributed by atoms with Crippen LogP contribution in [0.5, 0.6) is 0 Å². The number of nitrogens with zero attached hydrogens (tertiary/aromatic N) is 2. The molecule has 0 saturated carbocycles. The van der Waals surface area contributed by atoms with Crippen LogP contribution in [-0.4, -0.2) is 37.9 Å². The van der Waals surface area contributed by atoms with Crippen molar-refractivity contribution in [1.29, 1.82) is 0 Å². The SMILES string of the molecule is NS(=O)(=O)c1cc([N+](=O)[O-])ccc1NCC(c1cccs1)N1CCCC1. The molecule has 8 nitrogen and oxygen atoms in total. The van der Waals surface area contributed by atoms with Gasteiger partial charge in [-0.25, -0.2) is 13.6 Å². The van der Waals surface area contributed by atoms with Crippen molar-refractivity contribution in [3.05, 3.63) is 50.7 Å². The molecule has 1 aliphatic heterocycles. The number of benzene rings is 1. The number of anilines is 1. The number of likely N-dealkylation sites (tertiary alicyclic amines) is 1. The molecule has 1 saturated heterocycles. The van der Waals surface area contributed by atoms with Crippen LogP contribution >= 0.6 is 11.3 Å². The van der Waals surface area contributed by atoms with Crippen molar-refractivity contribution in [2.24, 2.45) is 5.14 Å². The van der Waals surface area contributed by atoms with Crippen molar-refractivity contribution in [3.63, 3.8) is 0 Å². The largest absolute Gasteiger partial charge is 0.382 e. The van der Waals surface area contributed by atoms with Crippen LogP contribution in [0.3, 0.4) is 0 Å². The minimum Gasteiger partial charge on any atom is -0.382 e. The summed E-state index contributed by atoms with van der Waals surface area (Å²) in [5, 5.41) is 21.3. The second kappa shape index (κ2) is 7.70. The molecule has 0 radical (unpaired) electrons. The van der Waals surface area contributed by atoms with Gasteiger partial charge >= 0.3 is 0 Å². The highest BCUT2D eigenvalue weighted by Gasteiger charge is 2.25. The zero-order valence-electron chi connectivity index (χ0n) is 14.0. The Balaban J connectivity index is 1.86. The van der Waals surface area contributed by atoms with Crippen LogP contribution in [0.25, 0.3) is 0 Å². The lowest BCUT2D eigenvalue weighted by molar-refractivity contribution is -0.385. The number of sulfonamides is 1. The van der Waals surface area contributed by atoms with Crippen LogP contribution in [0, 0.1) is 10.1 Å². The third-order valence-electron chi connectivity index (χ3n) is 4.42. The van der Waals surface area contributed by atoms with Crippen molar-refractivity contribution in [2.75, 3.05) is 25.0 Å². The van der Waals surface area contributed by atoms with Gasteiger partial charge in [-0.1, -0.05) is 6.07 Å². The molecule has 2 aromatic rings. The molecule has 1 aromatic heterocycles. The molecular formula is C16H20N4O4S2. The number of hydrogen-bond acceptors (Lipinski definition) is 7. The summed E-state index contributed by atoms with van der Waals surface area (Å²) in [7, 11) is -4.09. The fourth-order valence-electron chi connectivity index (χ4n) is 3.16. The average molecular weight is 396 g/mol. The Morgan fingerprint density at radius 1 is 1.31 bits per heavy atom. The summed E-state index contributed by atoms with van der Waals surface area (Å²) in [5.41, 5.74) is -0.0345. The van der Waals surface area contributed by atoms with Crippen LogP contribution in [-0.2, 0) is 10.0 Å². The third-order valence-corrected chi connectivity index (χ3v) is 6.35. The molecule has 3 rings (SSSR count). The maximum Gasteiger partial charge on any atom is 0.270 e. The van der Waals surface area contributed by atoms with Gasteiger partial charge in [0.25, 0.3) is 5.69 Å². The minimum absolute atomic E-state index is 0.112. The Bertz CT molecular complexity index is 878. The van der Waals surface area contributed by atoms with E-state index in [1.807, 2.05) is 11.4 Å². The van der Waals surface area contributed by atoms with Crippen molar-refractivity contribution in [2.45, 2.75) is 23.8 Å². The van der Waals surface area contributed by atoms with E-state index in [2.05, 4.69) is 16.3 Å². The standard InChI is InChI=1S/C16H20N4O4S2/c17-26(23,24)16-10-12(20(21)22)5-6-13(16)18-11-14(15-4-3-9-25-15)19-7-1-2-8-19/h3-6,9-10,14,18H,1-2,7-8,11H2,(H2,17,23,24). The van der Waals surface area contributed by atoms with Crippen molar-refractivity contribution in [1.82, 2.24) is 4.90 Å². The first-order valence-corrected chi connectivity index (χ1v) is 10.6. The number of nitrogens with two attached hydrogens (primary N) is 1. The summed E-state index contributed by atoms with van der Waals surface area (Å²) in [6, 6.07) is 7.82. The normalized spacial score (nSPS) is 16.5. The first kappa shape index (κ1) is 18.8. The van der Waals surface area contributed by atoms with Crippen LogP contribution < -0.4 is 10.5 Å². The van der Waals surface area contributed by atoms with E-state index < -0.39 is 14.9 Å². The number of nitro benzene ring substituents is 1. The Kier molecular flexibility index (Phi) is 5.56. The Morgan fingerprint density at radius 3 is 2.62 bits per heavy atom. The summed E-state index contributed by atoms with van der Waals surface area (Å²) in [4.78, 5) is 13.6. The summed E-state index contributed by atoms with van der Waals surface area (Å²) in [6.07, 6.45) is 2.28. The molecule has 140 valence electrons. The summed E-state index contributed by atoms with van der Waals surface area (Å²) in [6.45, 7) is 2.47. The van der Waals surface area contributed by atoms with Gasteiger partial charge in [0.15, 0.2) is 0 Å². The molecular weight excluding hydrogens is 376 g/mol. The second-order valence-electron chi connectivity index (χ2n) is 6.14. The van der Waals surface area contributed by atoms with E-state index in [4.69, 9.17) is 5.14 Å². The lowest BCUT2D eigenvalue weighted by Gasteiger charge is -2.27. The number of hydrogen-bond donors (Lipinski definition) is 2. The van der Waals surface area contributed by atoms with Crippen LogP contribution in [0.2, 0.25) is 0 Å². The van der Waals surface area contributed by atoms with E-state index in [1.54, 1.807) is 11.3 Å². The number of primary sulfonamides is 1. The number of non-ortho nitro benzene ring substituents is 1. The van der Waals surface area contributed by atoms with Gasteiger partial charge in [0, 0.05) is 23.6 Å². The lowest BCUT2D eigenvalue weighted by Crippen LogP contribution is -2.30. The van der Waals surface area contributed by atoms with Gasteiger partial charge in [0.1, 0.15) is 4.90 Å². The van der Waals surface area contributed by atoms with Crippen LogP contribution in [0.4, 0.5) is 11.4 Å². The predicted molar refractivity (Wildman–Crippen MR) is 101 cm³/mol. The number of nitro groups is 1. The van der Waals surface area contributed by atoms with E-state index >= 15 is 0 Å². The van der Waals surface area contributed by atoms with Crippen LogP contribution in [0.15, 0.2) is 40.6 Å². The topological polar surface area (TPSA) is 119 Å². The van der Waals surface area contributed by atoms with E-state index in [-0.39, 0.29) is 22.3 Å². The molecule has 1 fully saturated rings. The molecule has 1 aromatic carbocycles. The molecule has 0 aliphatic carbocycles. The molecule has 2 heterocycles. The van der Waals surface area contributed by atoms with Gasteiger partial charge < -0.3 is 5.32 Å². The monoisotopic (exact) mass is 396 g/mol. The molecule has 1 unspecified atom stereocenters. The highest BCUT2D eigenvalue weighted by molar-refractivity contribution is 7.89. The van der Waals surface area contributed by atoms with Gasteiger partial charge in [-0.05, 0) is 43.4 Å². The molecule has 10 heteroatoms. The van der Waals surface area contributed by atoms with Crippen molar-refractivity contribution in [3.8, 4) is 0 Å². The smallest absolute Gasteiger partial charge is 0.270 e. The molecule has 0 bridgehead atoms. The van der Waals surface area contributed by atoms with Crippen LogP contribution in [0.1, 0.15) is 23.8 Å². The van der Waals surface area contributed by atoms with E-state index in [1.165, 1.54) is 17.0 Å². The van der Waals surface area contributed by atoms with Crippen molar-refractivity contribution < 1.29 is 13.3 Å². The first-order chi connectivity index (χ1) is 12.4. The van der Waals surface area contributed by atoms with E-state index in [0.717, 1.165) is 32.0 Å². The fraction of sp³-hybridized carbons (Fsp3) is 0.375. The first-order valence-electron chi connectivity index (χ1n) is 8.19. The fourth-order valence-corrected chi connectivity index (χ4v) is 4.75. The highest BCUT2D eigenvalue weighted by atomic mass is 32.2. The third kappa shape index (κ3) is 4.21. The van der Waals surface area contributed by atoms with Gasteiger partial charge in [-0.3, -0.25) is 15.0 Å². The predicted octanol–water partition coefficient (Wildman–Crippen LogP) is 2.55. The van der Waals surface area contributed by atoms with Gasteiger partial charge in [0.2, 0.25) is 10.0 Å². The Labute approximate surface area is 155 Å². The molecule has 0 amide bonds. The minimum atomic E-state index is -4.09. The second-order valence-corrected chi connectivity index (χ2v) is 8.65. The van der Waals surface area contributed by atoms with E-state index in [9.17, 15) is 18.5 Å². The zero-order chi connectivity index (χ0) is 18.7. The molecule has 26 heavy (non-hydrogen) atoms. The van der Waals surface area contributed by atoms with E-state index in [0.29, 0.717) is 6.54 Å². The zero-order valence-corrected chi connectivity index (χ0v) is 15.6. The number of nitrogens with one attached hydrogen (secondary N) is 1. The lowest BCUT2D eigenvalue weighted by atomic mass is 10.2. The molecule has 1 aliphatic rings. The van der Waals surface area contributed by atoms with Gasteiger partial charge in [0.05, 0.1) is 16.7 Å². The maximum absolute atomic E-state index is 11.9. The number of thiophene rings is 1. The molecule has 0 spiro atoms. The highest BCUT2D eigenvalue weighted by Crippen LogP contribution is 2.31. The average Bonchev–Trinajstić information content (AvgIpc) is 3.28. The maximum atomic E-state index is 11.9.